The van der Waals surface area contributed by atoms with E-state index in [2.05, 4.69) is 29.0 Å². The maximum absolute atomic E-state index is 3.61. The molecule has 2 rings (SSSR count). The van der Waals surface area contributed by atoms with E-state index in [1.165, 1.54) is 56.8 Å². The molecule has 1 aliphatic heterocycles. The molecular formula is C12H24N2S. The van der Waals surface area contributed by atoms with Gasteiger partial charge >= 0.3 is 0 Å². The van der Waals surface area contributed by atoms with Gasteiger partial charge in [0.15, 0.2) is 0 Å². The third-order valence-corrected chi connectivity index (χ3v) is 4.78. The zero-order valence-corrected chi connectivity index (χ0v) is 10.7. The molecule has 0 aromatic carbocycles. The second-order valence-corrected chi connectivity index (χ2v) is 6.22. The second-order valence-electron chi connectivity index (χ2n) is 5.07. The molecule has 1 aliphatic carbocycles. The molecule has 1 unspecified atom stereocenters. The Hall–Kier alpha value is 0.270. The predicted octanol–water partition coefficient (Wildman–Crippen LogP) is 1.81. The molecule has 15 heavy (non-hydrogen) atoms. The summed E-state index contributed by atoms with van der Waals surface area (Å²) in [6.07, 6.45) is 5.75. The first-order valence-corrected chi connectivity index (χ1v) is 7.50. The van der Waals surface area contributed by atoms with E-state index in [0.29, 0.717) is 0 Å². The van der Waals surface area contributed by atoms with Crippen LogP contribution in [-0.4, -0.2) is 49.1 Å². The summed E-state index contributed by atoms with van der Waals surface area (Å²) in [5.41, 5.74) is 0. The lowest BCUT2D eigenvalue weighted by Gasteiger charge is -2.31. The number of thioether (sulfide) groups is 1. The lowest BCUT2D eigenvalue weighted by Crippen LogP contribution is -2.40. The van der Waals surface area contributed by atoms with Crippen molar-refractivity contribution in [3.8, 4) is 0 Å². The standard InChI is InChI=1S/C12H24N2S/c1-14(9-11-3-2-4-11)7-5-12-10-15-8-6-13-12/h11-13H,2-10H2,1H3. The van der Waals surface area contributed by atoms with Gasteiger partial charge in [0.1, 0.15) is 0 Å². The van der Waals surface area contributed by atoms with Crippen molar-refractivity contribution in [3.63, 3.8) is 0 Å². The molecule has 1 saturated heterocycles. The Kier molecular flexibility index (Phi) is 4.79. The monoisotopic (exact) mass is 228 g/mol. The highest BCUT2D eigenvalue weighted by molar-refractivity contribution is 7.99. The molecule has 1 heterocycles. The van der Waals surface area contributed by atoms with E-state index in [-0.39, 0.29) is 0 Å². The Morgan fingerprint density at radius 1 is 1.40 bits per heavy atom. The Morgan fingerprint density at radius 2 is 2.27 bits per heavy atom. The molecule has 0 spiro atoms. The fraction of sp³-hybridized carbons (Fsp3) is 1.00. The summed E-state index contributed by atoms with van der Waals surface area (Å²) in [6, 6.07) is 0.771. The molecule has 1 atom stereocenters. The SMILES string of the molecule is CN(CCC1CSCCN1)CC1CCC1. The summed E-state index contributed by atoms with van der Waals surface area (Å²) < 4.78 is 0. The first-order valence-electron chi connectivity index (χ1n) is 6.34. The molecular weight excluding hydrogens is 204 g/mol. The van der Waals surface area contributed by atoms with Crippen LogP contribution in [0.4, 0.5) is 0 Å². The molecule has 0 bridgehead atoms. The van der Waals surface area contributed by atoms with Crippen molar-refractivity contribution >= 4 is 11.8 Å². The van der Waals surface area contributed by atoms with Crippen LogP contribution in [-0.2, 0) is 0 Å². The summed E-state index contributed by atoms with van der Waals surface area (Å²) in [4.78, 5) is 2.53. The predicted molar refractivity (Wildman–Crippen MR) is 68.6 cm³/mol. The van der Waals surface area contributed by atoms with E-state index in [0.717, 1.165) is 12.0 Å². The normalized spacial score (nSPS) is 28.0. The van der Waals surface area contributed by atoms with Crippen LogP contribution in [0.1, 0.15) is 25.7 Å². The average molecular weight is 228 g/mol. The third kappa shape index (κ3) is 3.97. The number of hydrogen-bond donors (Lipinski definition) is 1. The van der Waals surface area contributed by atoms with Gasteiger partial charge in [-0.15, -0.1) is 0 Å². The molecule has 2 nitrogen and oxygen atoms in total. The van der Waals surface area contributed by atoms with E-state index >= 15 is 0 Å². The van der Waals surface area contributed by atoms with Crippen molar-refractivity contribution in [1.82, 2.24) is 10.2 Å². The van der Waals surface area contributed by atoms with Gasteiger partial charge in [-0.3, -0.25) is 0 Å². The lowest BCUT2D eigenvalue weighted by atomic mass is 9.85. The number of hydrogen-bond acceptors (Lipinski definition) is 3. The van der Waals surface area contributed by atoms with Crippen LogP contribution < -0.4 is 5.32 Å². The van der Waals surface area contributed by atoms with Crippen LogP contribution in [0.3, 0.4) is 0 Å². The van der Waals surface area contributed by atoms with Crippen LogP contribution >= 0.6 is 11.8 Å². The third-order valence-electron chi connectivity index (χ3n) is 3.65. The maximum atomic E-state index is 3.61. The van der Waals surface area contributed by atoms with Gasteiger partial charge in [-0.05, 0) is 38.8 Å². The van der Waals surface area contributed by atoms with Gasteiger partial charge in [0.25, 0.3) is 0 Å². The van der Waals surface area contributed by atoms with Gasteiger partial charge in [0.05, 0.1) is 0 Å². The van der Waals surface area contributed by atoms with Gasteiger partial charge in [-0.25, -0.2) is 0 Å². The van der Waals surface area contributed by atoms with Crippen molar-refractivity contribution in [1.29, 1.82) is 0 Å². The Balaban J connectivity index is 1.55. The highest BCUT2D eigenvalue weighted by atomic mass is 32.2. The molecule has 88 valence electrons. The Morgan fingerprint density at radius 3 is 2.87 bits per heavy atom. The van der Waals surface area contributed by atoms with E-state index in [9.17, 15) is 0 Å². The highest BCUT2D eigenvalue weighted by Gasteiger charge is 2.19. The van der Waals surface area contributed by atoms with Crippen molar-refractivity contribution in [2.24, 2.45) is 5.92 Å². The molecule has 0 aromatic rings. The van der Waals surface area contributed by atoms with Gasteiger partial charge in [-0.2, -0.15) is 11.8 Å². The van der Waals surface area contributed by atoms with Crippen molar-refractivity contribution in [2.45, 2.75) is 31.7 Å². The second kappa shape index (κ2) is 6.12. The molecule has 2 fully saturated rings. The molecule has 1 N–H and O–H groups in total. The number of rotatable bonds is 5. The summed E-state index contributed by atoms with van der Waals surface area (Å²) in [5.74, 6) is 3.63. The van der Waals surface area contributed by atoms with Crippen LogP contribution in [0, 0.1) is 5.92 Å². The van der Waals surface area contributed by atoms with Crippen LogP contribution in [0.5, 0.6) is 0 Å². The summed E-state index contributed by atoms with van der Waals surface area (Å²) in [6.45, 7) is 3.82. The Labute approximate surface area is 98.2 Å². The molecule has 0 radical (unpaired) electrons. The summed E-state index contributed by atoms with van der Waals surface area (Å²) in [5, 5.41) is 3.61. The minimum atomic E-state index is 0.771. The fourth-order valence-corrected chi connectivity index (χ4v) is 3.39. The average Bonchev–Trinajstić information content (AvgIpc) is 2.22. The largest absolute Gasteiger partial charge is 0.312 e. The first-order chi connectivity index (χ1) is 7.34. The topological polar surface area (TPSA) is 15.3 Å². The van der Waals surface area contributed by atoms with E-state index in [1.807, 2.05) is 0 Å². The lowest BCUT2D eigenvalue weighted by molar-refractivity contribution is 0.200. The van der Waals surface area contributed by atoms with E-state index in [4.69, 9.17) is 0 Å². The van der Waals surface area contributed by atoms with Gasteiger partial charge < -0.3 is 10.2 Å². The van der Waals surface area contributed by atoms with Crippen LogP contribution in [0.15, 0.2) is 0 Å². The minimum Gasteiger partial charge on any atom is -0.312 e. The molecule has 1 saturated carbocycles. The van der Waals surface area contributed by atoms with Crippen molar-refractivity contribution in [2.75, 3.05) is 38.2 Å². The smallest absolute Gasteiger partial charge is 0.0170 e. The van der Waals surface area contributed by atoms with E-state index in [1.54, 1.807) is 0 Å². The quantitative estimate of drug-likeness (QED) is 0.773. The minimum absolute atomic E-state index is 0.771. The number of nitrogens with one attached hydrogen (secondary N) is 1. The van der Waals surface area contributed by atoms with Crippen LogP contribution in [0.25, 0.3) is 0 Å². The number of nitrogens with zero attached hydrogens (tertiary/aromatic N) is 1. The molecule has 0 aromatic heterocycles. The molecule has 3 heteroatoms. The van der Waals surface area contributed by atoms with Crippen molar-refractivity contribution < 1.29 is 0 Å². The zero-order chi connectivity index (χ0) is 10.5. The maximum Gasteiger partial charge on any atom is 0.0170 e. The first kappa shape index (κ1) is 11.7. The van der Waals surface area contributed by atoms with Gasteiger partial charge in [0, 0.05) is 30.6 Å². The molecule has 0 amide bonds. The van der Waals surface area contributed by atoms with Gasteiger partial charge in [-0.1, -0.05) is 6.42 Å². The summed E-state index contributed by atoms with van der Waals surface area (Å²) in [7, 11) is 2.29. The fourth-order valence-electron chi connectivity index (χ4n) is 2.39. The zero-order valence-electron chi connectivity index (χ0n) is 9.87. The van der Waals surface area contributed by atoms with E-state index < -0.39 is 0 Å². The van der Waals surface area contributed by atoms with Gasteiger partial charge in [0.2, 0.25) is 0 Å². The summed E-state index contributed by atoms with van der Waals surface area (Å²) >= 11 is 2.10. The Bertz CT molecular complexity index is 176. The highest BCUT2D eigenvalue weighted by Crippen LogP contribution is 2.26. The van der Waals surface area contributed by atoms with Crippen molar-refractivity contribution in [3.05, 3.63) is 0 Å². The van der Waals surface area contributed by atoms with Crippen LogP contribution in [0.2, 0.25) is 0 Å². The molecule has 2 aliphatic rings.